The molecule has 0 bridgehead atoms. The van der Waals surface area contributed by atoms with E-state index in [0.29, 0.717) is 5.56 Å². The molecule has 0 radical (unpaired) electrons. The van der Waals surface area contributed by atoms with Crippen molar-refractivity contribution in [3.8, 4) is 11.5 Å². The first-order valence-electron chi connectivity index (χ1n) is 6.44. The van der Waals surface area contributed by atoms with E-state index in [2.05, 4.69) is 9.97 Å². The summed E-state index contributed by atoms with van der Waals surface area (Å²) in [5, 5.41) is -0.389. The lowest BCUT2D eigenvalue weighted by Gasteiger charge is -2.11. The molecular weight excluding hydrogens is 319 g/mol. The second kappa shape index (κ2) is 5.22. The molecule has 0 aliphatic carbocycles. The Bertz CT molecular complexity index is 862. The number of fused-ring (bicyclic) bond motifs is 1. The average Bonchev–Trinajstić information content (AvgIpc) is 2.87. The maximum Gasteiger partial charge on any atom is 0.418 e. The van der Waals surface area contributed by atoms with Gasteiger partial charge in [0.15, 0.2) is 17.4 Å². The highest BCUT2D eigenvalue weighted by atomic mass is 19.4. The number of pyridine rings is 1. The molecule has 0 atom stereocenters. The van der Waals surface area contributed by atoms with Gasteiger partial charge in [-0.15, -0.1) is 0 Å². The quantitative estimate of drug-likeness (QED) is 0.675. The zero-order valence-corrected chi connectivity index (χ0v) is 11.6. The lowest BCUT2D eigenvalue weighted by molar-refractivity contribution is -0.136. The van der Waals surface area contributed by atoms with Gasteiger partial charge in [-0.3, -0.25) is 0 Å². The minimum atomic E-state index is -4.66. The van der Waals surface area contributed by atoms with Crippen LogP contribution in [-0.2, 0) is 6.18 Å². The van der Waals surface area contributed by atoms with Gasteiger partial charge in [-0.25, -0.2) is 13.8 Å². The van der Waals surface area contributed by atoms with Crippen LogP contribution in [0.5, 0.6) is 11.5 Å². The van der Waals surface area contributed by atoms with Crippen LogP contribution in [0.15, 0.2) is 30.6 Å². The molecule has 0 fully saturated rings. The zero-order valence-electron chi connectivity index (χ0n) is 11.6. The summed E-state index contributed by atoms with van der Waals surface area (Å²) in [5.41, 5.74) is -0.795. The summed E-state index contributed by atoms with van der Waals surface area (Å²) in [4.78, 5) is 6.11. The van der Waals surface area contributed by atoms with Crippen LogP contribution in [-0.4, -0.2) is 9.97 Å². The third-order valence-electron chi connectivity index (χ3n) is 3.20. The average molecular weight is 328 g/mol. The van der Waals surface area contributed by atoms with E-state index >= 15 is 0 Å². The summed E-state index contributed by atoms with van der Waals surface area (Å²) in [5.74, 6) is -3.12. The van der Waals surface area contributed by atoms with Gasteiger partial charge in [0.25, 0.3) is 0 Å². The van der Waals surface area contributed by atoms with Crippen molar-refractivity contribution in [2.75, 3.05) is 0 Å². The van der Waals surface area contributed by atoms with Gasteiger partial charge in [0, 0.05) is 12.4 Å². The Kier molecular flexibility index (Phi) is 3.46. The molecule has 1 aromatic carbocycles. The van der Waals surface area contributed by atoms with E-state index in [-0.39, 0.29) is 16.8 Å². The molecule has 2 heterocycles. The molecule has 0 saturated heterocycles. The van der Waals surface area contributed by atoms with E-state index < -0.39 is 29.1 Å². The lowest BCUT2D eigenvalue weighted by atomic mass is 10.2. The molecular formula is C15H9F5N2O. The second-order valence-corrected chi connectivity index (χ2v) is 4.89. The molecule has 3 aromatic rings. The van der Waals surface area contributed by atoms with E-state index in [1.165, 1.54) is 13.1 Å². The fraction of sp³-hybridized carbons (Fsp3) is 0.133. The summed E-state index contributed by atoms with van der Waals surface area (Å²) in [6, 6.07) is 3.17. The molecule has 1 N–H and O–H groups in total. The third kappa shape index (κ3) is 2.71. The first-order chi connectivity index (χ1) is 10.8. The summed E-state index contributed by atoms with van der Waals surface area (Å²) in [6.07, 6.45) is -2.76. The van der Waals surface area contributed by atoms with E-state index in [0.717, 1.165) is 24.4 Å². The molecule has 8 heteroatoms. The van der Waals surface area contributed by atoms with E-state index in [1.807, 2.05) is 0 Å². The monoisotopic (exact) mass is 328 g/mol. The van der Waals surface area contributed by atoms with Crippen LogP contribution in [0.4, 0.5) is 22.0 Å². The standard InChI is InChI=1S/C15H9F5N2O/c1-7-4-9(16)13(10(17)5-7)23-11-2-3-21-14-12(11)8(6-22-14)15(18,19)20/h2-6H,1H3,(H,21,22). The summed E-state index contributed by atoms with van der Waals surface area (Å²) in [7, 11) is 0. The third-order valence-corrected chi connectivity index (χ3v) is 3.20. The number of aromatic amines is 1. The van der Waals surface area contributed by atoms with Crippen molar-refractivity contribution in [1.82, 2.24) is 9.97 Å². The van der Waals surface area contributed by atoms with Gasteiger partial charge in [0.1, 0.15) is 11.4 Å². The molecule has 0 spiro atoms. The van der Waals surface area contributed by atoms with Crippen molar-refractivity contribution in [1.29, 1.82) is 0 Å². The van der Waals surface area contributed by atoms with Crippen molar-refractivity contribution in [3.05, 3.63) is 53.4 Å². The normalized spacial score (nSPS) is 11.9. The summed E-state index contributed by atoms with van der Waals surface area (Å²) < 4.78 is 71.9. The van der Waals surface area contributed by atoms with Crippen molar-refractivity contribution in [2.45, 2.75) is 13.1 Å². The zero-order chi connectivity index (χ0) is 16.8. The number of hydrogen-bond donors (Lipinski definition) is 1. The predicted molar refractivity (Wildman–Crippen MR) is 72.3 cm³/mol. The van der Waals surface area contributed by atoms with Crippen molar-refractivity contribution >= 4 is 11.0 Å². The van der Waals surface area contributed by atoms with Gasteiger partial charge in [0.2, 0.25) is 0 Å². The number of nitrogens with one attached hydrogen (secondary N) is 1. The first-order valence-corrected chi connectivity index (χ1v) is 6.44. The maximum absolute atomic E-state index is 13.8. The molecule has 0 aliphatic rings. The first kappa shape index (κ1) is 15.3. The molecule has 0 saturated carbocycles. The fourth-order valence-corrected chi connectivity index (χ4v) is 2.23. The molecule has 23 heavy (non-hydrogen) atoms. The molecule has 0 aliphatic heterocycles. The lowest BCUT2D eigenvalue weighted by Crippen LogP contribution is -2.04. The maximum atomic E-state index is 13.8. The number of alkyl halides is 3. The molecule has 120 valence electrons. The van der Waals surface area contributed by atoms with Crippen LogP contribution in [0, 0.1) is 18.6 Å². The Morgan fingerprint density at radius 1 is 1.13 bits per heavy atom. The number of aromatic nitrogens is 2. The smallest absolute Gasteiger partial charge is 0.418 e. The van der Waals surface area contributed by atoms with Gasteiger partial charge in [-0.2, -0.15) is 13.2 Å². The van der Waals surface area contributed by atoms with E-state index in [9.17, 15) is 22.0 Å². The minimum absolute atomic E-state index is 0.0947. The second-order valence-electron chi connectivity index (χ2n) is 4.89. The van der Waals surface area contributed by atoms with Crippen LogP contribution in [0.2, 0.25) is 0 Å². The number of H-pyrrole nitrogens is 1. The van der Waals surface area contributed by atoms with Crippen LogP contribution in [0.3, 0.4) is 0 Å². The molecule has 0 unspecified atom stereocenters. The van der Waals surface area contributed by atoms with Crippen LogP contribution < -0.4 is 4.74 Å². The summed E-state index contributed by atoms with van der Waals surface area (Å²) >= 11 is 0. The van der Waals surface area contributed by atoms with Crippen molar-refractivity contribution < 1.29 is 26.7 Å². The number of benzene rings is 1. The molecule has 0 amide bonds. The molecule has 2 aromatic heterocycles. The fourth-order valence-electron chi connectivity index (χ4n) is 2.23. The minimum Gasteiger partial charge on any atom is -0.450 e. The Morgan fingerprint density at radius 2 is 1.78 bits per heavy atom. The number of hydrogen-bond acceptors (Lipinski definition) is 2. The van der Waals surface area contributed by atoms with E-state index in [1.54, 1.807) is 0 Å². The SMILES string of the molecule is Cc1cc(F)c(Oc2ccnc3[nH]cc(C(F)(F)F)c23)c(F)c1. The number of rotatable bonds is 2. The number of nitrogens with zero attached hydrogens (tertiary/aromatic N) is 1. The van der Waals surface area contributed by atoms with Gasteiger partial charge in [-0.05, 0) is 30.7 Å². The van der Waals surface area contributed by atoms with E-state index in [4.69, 9.17) is 4.74 Å². The highest BCUT2D eigenvalue weighted by molar-refractivity contribution is 5.87. The van der Waals surface area contributed by atoms with Crippen LogP contribution in [0.1, 0.15) is 11.1 Å². The van der Waals surface area contributed by atoms with Crippen LogP contribution in [0.25, 0.3) is 11.0 Å². The Hall–Kier alpha value is -2.64. The molecule has 3 rings (SSSR count). The van der Waals surface area contributed by atoms with Gasteiger partial charge >= 0.3 is 6.18 Å². The Morgan fingerprint density at radius 3 is 2.39 bits per heavy atom. The molecule has 3 nitrogen and oxygen atoms in total. The highest BCUT2D eigenvalue weighted by Gasteiger charge is 2.35. The number of aryl methyl sites for hydroxylation is 1. The largest absolute Gasteiger partial charge is 0.450 e. The van der Waals surface area contributed by atoms with Crippen LogP contribution >= 0.6 is 0 Å². The predicted octanol–water partition coefficient (Wildman–Crippen LogP) is 4.96. The topological polar surface area (TPSA) is 37.9 Å². The summed E-state index contributed by atoms with van der Waals surface area (Å²) in [6.45, 7) is 1.48. The van der Waals surface area contributed by atoms with Gasteiger partial charge < -0.3 is 9.72 Å². The Balaban J connectivity index is 2.16. The highest BCUT2D eigenvalue weighted by Crippen LogP contribution is 2.40. The van der Waals surface area contributed by atoms with Gasteiger partial charge in [-0.1, -0.05) is 0 Å². The van der Waals surface area contributed by atoms with Crippen molar-refractivity contribution in [2.24, 2.45) is 0 Å². The van der Waals surface area contributed by atoms with Crippen molar-refractivity contribution in [3.63, 3.8) is 0 Å². The van der Waals surface area contributed by atoms with Gasteiger partial charge in [0.05, 0.1) is 10.9 Å². The Labute approximate surface area is 126 Å². The number of halogens is 5. The number of ether oxygens (including phenoxy) is 1.